The molecule has 1 unspecified atom stereocenters. The second-order valence-corrected chi connectivity index (χ2v) is 8.50. The average Bonchev–Trinajstić information content (AvgIpc) is 3.22. The third-order valence-electron chi connectivity index (χ3n) is 6.44. The molecule has 0 saturated carbocycles. The van der Waals surface area contributed by atoms with Crippen molar-refractivity contribution >= 4 is 17.1 Å². The first kappa shape index (κ1) is 20.4. The Labute approximate surface area is 178 Å². The molecular weight excluding hydrogens is 372 g/mol. The fraction of sp³-hybridized carbons (Fsp3) is 0.440. The van der Waals surface area contributed by atoms with Gasteiger partial charge in [-0.2, -0.15) is 10.2 Å². The largest absolute Gasteiger partial charge is 0.423 e. The number of nitriles is 1. The molecule has 1 aliphatic heterocycles. The molecule has 1 saturated heterocycles. The van der Waals surface area contributed by atoms with Gasteiger partial charge in [0.2, 0.25) is 0 Å². The van der Waals surface area contributed by atoms with E-state index < -0.39 is 5.41 Å². The third-order valence-corrected chi connectivity index (χ3v) is 6.44. The van der Waals surface area contributed by atoms with Gasteiger partial charge in [-0.3, -0.25) is 4.90 Å². The maximum Gasteiger partial charge on any atom is 0.298 e. The highest BCUT2D eigenvalue weighted by molar-refractivity contribution is 5.74. The van der Waals surface area contributed by atoms with E-state index in [4.69, 9.17) is 4.42 Å². The van der Waals surface area contributed by atoms with E-state index in [0.29, 0.717) is 0 Å². The Hall–Kier alpha value is -2.84. The van der Waals surface area contributed by atoms with Gasteiger partial charge in [-0.15, -0.1) is 0 Å². The van der Waals surface area contributed by atoms with E-state index in [1.165, 1.54) is 0 Å². The summed E-state index contributed by atoms with van der Waals surface area (Å²) in [5.41, 5.74) is 2.49. The lowest BCUT2D eigenvalue weighted by Gasteiger charge is -2.35. The lowest BCUT2D eigenvalue weighted by molar-refractivity contribution is 0.236. The first-order valence-corrected chi connectivity index (χ1v) is 10.9. The molecule has 4 rings (SSSR count). The quantitative estimate of drug-likeness (QED) is 0.566. The van der Waals surface area contributed by atoms with Crippen molar-refractivity contribution in [3.05, 3.63) is 60.2 Å². The van der Waals surface area contributed by atoms with Crippen LogP contribution >= 0.6 is 0 Å². The Kier molecular flexibility index (Phi) is 6.06. The van der Waals surface area contributed by atoms with Crippen molar-refractivity contribution < 1.29 is 4.42 Å². The van der Waals surface area contributed by atoms with Crippen LogP contribution in [0.5, 0.6) is 0 Å². The van der Waals surface area contributed by atoms with Gasteiger partial charge in [-0.25, -0.2) is 0 Å². The fourth-order valence-electron chi connectivity index (χ4n) is 4.49. The Morgan fingerprint density at radius 3 is 2.40 bits per heavy atom. The molecule has 30 heavy (non-hydrogen) atoms. The number of anilines is 1. The minimum atomic E-state index is -0.415. The zero-order chi connectivity index (χ0) is 21.0. The molecule has 5 heteroatoms. The van der Waals surface area contributed by atoms with Crippen molar-refractivity contribution in [2.45, 2.75) is 32.1 Å². The van der Waals surface area contributed by atoms with Gasteiger partial charge < -0.3 is 9.32 Å². The van der Waals surface area contributed by atoms with Gasteiger partial charge >= 0.3 is 0 Å². The molecule has 0 radical (unpaired) electrons. The van der Waals surface area contributed by atoms with Gasteiger partial charge in [0.25, 0.3) is 6.01 Å². The van der Waals surface area contributed by atoms with Crippen LogP contribution in [0.25, 0.3) is 11.1 Å². The maximum absolute atomic E-state index is 10.1. The summed E-state index contributed by atoms with van der Waals surface area (Å²) in [5.74, 6) is 0.279. The summed E-state index contributed by atoms with van der Waals surface area (Å²) in [5, 5.41) is 10.1. The van der Waals surface area contributed by atoms with E-state index in [-0.39, 0.29) is 5.92 Å². The minimum Gasteiger partial charge on any atom is -0.423 e. The smallest absolute Gasteiger partial charge is 0.298 e. The number of piperazine rings is 1. The predicted molar refractivity (Wildman–Crippen MR) is 120 cm³/mol. The molecule has 1 aromatic heterocycles. The number of aromatic nitrogens is 1. The Morgan fingerprint density at radius 2 is 1.73 bits per heavy atom. The van der Waals surface area contributed by atoms with Crippen molar-refractivity contribution in [3.63, 3.8) is 0 Å². The van der Waals surface area contributed by atoms with Crippen LogP contribution in [0, 0.1) is 17.2 Å². The number of fused-ring (bicyclic) bond motifs is 1. The van der Waals surface area contributed by atoms with Crippen LogP contribution in [0.15, 0.2) is 59.0 Å². The van der Waals surface area contributed by atoms with Gasteiger partial charge in [0, 0.05) is 26.2 Å². The van der Waals surface area contributed by atoms with Crippen LogP contribution in [-0.4, -0.2) is 42.6 Å². The Balaban J connectivity index is 1.32. The molecule has 0 bridgehead atoms. The molecule has 0 aliphatic carbocycles. The second-order valence-electron chi connectivity index (χ2n) is 8.50. The summed E-state index contributed by atoms with van der Waals surface area (Å²) in [7, 11) is 0. The highest BCUT2D eigenvalue weighted by Gasteiger charge is 2.35. The van der Waals surface area contributed by atoms with Crippen molar-refractivity contribution in [3.8, 4) is 6.07 Å². The SMILES string of the molecule is CC(C)C(C#N)(CCCN1CCN(c2nc3ccccc3o2)CC1)c1ccccc1. The van der Waals surface area contributed by atoms with Gasteiger partial charge in [0.05, 0.1) is 11.5 Å². The van der Waals surface area contributed by atoms with Crippen LogP contribution < -0.4 is 4.90 Å². The molecule has 1 fully saturated rings. The topological polar surface area (TPSA) is 56.3 Å². The minimum absolute atomic E-state index is 0.279. The van der Waals surface area contributed by atoms with Crippen molar-refractivity contribution in [2.24, 2.45) is 5.92 Å². The van der Waals surface area contributed by atoms with Gasteiger partial charge in [-0.1, -0.05) is 56.3 Å². The lowest BCUT2D eigenvalue weighted by Crippen LogP contribution is -2.47. The third kappa shape index (κ3) is 4.06. The van der Waals surface area contributed by atoms with E-state index in [9.17, 15) is 5.26 Å². The van der Waals surface area contributed by atoms with Gasteiger partial charge in [-0.05, 0) is 43.0 Å². The first-order valence-electron chi connectivity index (χ1n) is 10.9. The van der Waals surface area contributed by atoms with E-state index in [1.54, 1.807) is 0 Å². The zero-order valence-electron chi connectivity index (χ0n) is 17.9. The number of hydrogen-bond donors (Lipinski definition) is 0. The monoisotopic (exact) mass is 402 g/mol. The Bertz CT molecular complexity index is 966. The van der Waals surface area contributed by atoms with Gasteiger partial charge in [0.15, 0.2) is 5.58 Å². The highest BCUT2D eigenvalue weighted by atomic mass is 16.4. The summed E-state index contributed by atoms with van der Waals surface area (Å²) >= 11 is 0. The average molecular weight is 403 g/mol. The molecule has 0 amide bonds. The molecule has 3 aromatic rings. The van der Waals surface area contributed by atoms with E-state index in [2.05, 4.69) is 46.8 Å². The molecule has 0 spiro atoms. The number of nitrogens with zero attached hydrogens (tertiary/aromatic N) is 4. The molecule has 1 atom stereocenters. The van der Waals surface area contributed by atoms with Crippen LogP contribution in [0.2, 0.25) is 0 Å². The molecule has 0 N–H and O–H groups in total. The number of para-hydroxylation sites is 2. The van der Waals surface area contributed by atoms with Crippen LogP contribution in [0.3, 0.4) is 0 Å². The van der Waals surface area contributed by atoms with Crippen LogP contribution in [0.1, 0.15) is 32.3 Å². The number of oxazole rings is 1. The standard InChI is InChI=1S/C25H30N4O/c1-20(2)25(19-26,21-9-4-3-5-10-21)13-8-14-28-15-17-29(18-16-28)24-27-22-11-6-7-12-23(22)30-24/h3-7,9-12,20H,8,13-18H2,1-2H3. The van der Waals surface area contributed by atoms with Crippen LogP contribution in [0.4, 0.5) is 6.01 Å². The van der Waals surface area contributed by atoms with E-state index >= 15 is 0 Å². The molecule has 5 nitrogen and oxygen atoms in total. The summed E-state index contributed by atoms with van der Waals surface area (Å²) in [6.45, 7) is 9.16. The number of hydrogen-bond acceptors (Lipinski definition) is 5. The van der Waals surface area contributed by atoms with Gasteiger partial charge in [0.1, 0.15) is 5.52 Å². The fourth-order valence-corrected chi connectivity index (χ4v) is 4.49. The second kappa shape index (κ2) is 8.89. The molecule has 156 valence electrons. The Morgan fingerprint density at radius 1 is 1.03 bits per heavy atom. The predicted octanol–water partition coefficient (Wildman–Crippen LogP) is 4.85. The first-order chi connectivity index (χ1) is 14.6. The number of rotatable bonds is 7. The molecule has 2 heterocycles. The normalized spacial score (nSPS) is 17.2. The summed E-state index contributed by atoms with van der Waals surface area (Å²) in [4.78, 5) is 9.35. The van der Waals surface area contributed by atoms with Crippen molar-refractivity contribution in [2.75, 3.05) is 37.6 Å². The molecular formula is C25H30N4O. The van der Waals surface area contributed by atoms with Crippen molar-refractivity contribution in [1.29, 1.82) is 5.26 Å². The summed E-state index contributed by atoms with van der Waals surface area (Å²) in [6.07, 6.45) is 1.90. The van der Waals surface area contributed by atoms with Crippen molar-refractivity contribution in [1.82, 2.24) is 9.88 Å². The molecule has 2 aromatic carbocycles. The number of benzene rings is 2. The zero-order valence-corrected chi connectivity index (χ0v) is 17.9. The van der Waals surface area contributed by atoms with E-state index in [1.807, 2.05) is 42.5 Å². The highest BCUT2D eigenvalue weighted by Crippen LogP contribution is 2.36. The molecule has 1 aliphatic rings. The van der Waals surface area contributed by atoms with E-state index in [0.717, 1.165) is 68.2 Å². The summed E-state index contributed by atoms with van der Waals surface area (Å²) < 4.78 is 5.92. The summed E-state index contributed by atoms with van der Waals surface area (Å²) in [6, 6.07) is 21.6. The van der Waals surface area contributed by atoms with Crippen LogP contribution in [-0.2, 0) is 5.41 Å². The lowest BCUT2D eigenvalue weighted by atomic mass is 9.70. The maximum atomic E-state index is 10.1.